The molecule has 1 aromatic carbocycles. The van der Waals surface area contributed by atoms with Crippen molar-refractivity contribution in [3.8, 4) is 11.5 Å². The van der Waals surface area contributed by atoms with Crippen LogP contribution in [-0.2, 0) is 0 Å². The number of para-hydroxylation sites is 1. The predicted octanol–water partition coefficient (Wildman–Crippen LogP) is 2.53. The molecule has 6 heteroatoms. The summed E-state index contributed by atoms with van der Waals surface area (Å²) in [5, 5.41) is 13.0. The molecular formula is C13H11N3O3. The van der Waals surface area contributed by atoms with E-state index >= 15 is 0 Å². The van der Waals surface area contributed by atoms with Crippen molar-refractivity contribution in [2.75, 3.05) is 0 Å². The minimum Gasteiger partial charge on any atom is -0.477 e. The second-order valence-corrected chi connectivity index (χ2v) is 4.32. The maximum atomic E-state index is 11.2. The number of aromatic carboxylic acids is 1. The van der Waals surface area contributed by atoms with E-state index in [2.05, 4.69) is 15.1 Å². The standard InChI is InChI=1S/C13H11N3O3/c1-6-4-3-5-8-10(6)15-12(14-8)11-9(13(17)18)7(2)19-16-11/h3-5H,1-2H3,(H,14,15)(H,17,18). The average Bonchev–Trinajstić information content (AvgIpc) is 2.92. The van der Waals surface area contributed by atoms with Gasteiger partial charge >= 0.3 is 5.97 Å². The molecule has 6 nitrogen and oxygen atoms in total. The number of benzene rings is 1. The summed E-state index contributed by atoms with van der Waals surface area (Å²) >= 11 is 0. The number of carbonyl (C=O) groups is 1. The Labute approximate surface area is 108 Å². The van der Waals surface area contributed by atoms with Gasteiger partial charge < -0.3 is 14.6 Å². The Kier molecular flexibility index (Phi) is 2.38. The number of nitrogens with zero attached hydrogens (tertiary/aromatic N) is 2. The number of rotatable bonds is 2. The highest BCUT2D eigenvalue weighted by Crippen LogP contribution is 2.26. The van der Waals surface area contributed by atoms with Crippen LogP contribution in [0.5, 0.6) is 0 Å². The van der Waals surface area contributed by atoms with Crippen LogP contribution in [0.4, 0.5) is 0 Å². The van der Waals surface area contributed by atoms with Crippen molar-refractivity contribution < 1.29 is 14.4 Å². The van der Waals surface area contributed by atoms with Gasteiger partial charge in [-0.2, -0.15) is 0 Å². The largest absolute Gasteiger partial charge is 0.477 e. The highest BCUT2D eigenvalue weighted by molar-refractivity contribution is 5.95. The minimum absolute atomic E-state index is 0.0386. The highest BCUT2D eigenvalue weighted by atomic mass is 16.5. The molecule has 0 spiro atoms. The molecule has 3 aromatic rings. The van der Waals surface area contributed by atoms with E-state index < -0.39 is 5.97 Å². The molecule has 0 aliphatic rings. The molecule has 0 bridgehead atoms. The van der Waals surface area contributed by atoms with Crippen LogP contribution in [0.25, 0.3) is 22.6 Å². The second kappa shape index (κ2) is 3.94. The molecule has 0 fully saturated rings. The third kappa shape index (κ3) is 1.69. The fourth-order valence-electron chi connectivity index (χ4n) is 2.07. The Morgan fingerprint density at radius 3 is 2.84 bits per heavy atom. The number of aromatic amines is 1. The van der Waals surface area contributed by atoms with Crippen LogP contribution in [-0.4, -0.2) is 26.2 Å². The number of hydrogen-bond donors (Lipinski definition) is 2. The Morgan fingerprint density at radius 1 is 1.37 bits per heavy atom. The summed E-state index contributed by atoms with van der Waals surface area (Å²) in [5.41, 5.74) is 2.94. The summed E-state index contributed by atoms with van der Waals surface area (Å²) < 4.78 is 4.95. The molecule has 2 aromatic heterocycles. The zero-order chi connectivity index (χ0) is 13.6. The Balaban J connectivity index is 2.25. The van der Waals surface area contributed by atoms with Gasteiger partial charge in [0.1, 0.15) is 11.3 Å². The number of fused-ring (bicyclic) bond motifs is 1. The Morgan fingerprint density at radius 2 is 2.16 bits per heavy atom. The molecule has 0 amide bonds. The lowest BCUT2D eigenvalue weighted by molar-refractivity contribution is 0.0695. The molecule has 0 aliphatic carbocycles. The molecule has 0 saturated carbocycles. The molecule has 0 unspecified atom stereocenters. The first-order chi connectivity index (χ1) is 9.08. The number of hydrogen-bond acceptors (Lipinski definition) is 4. The monoisotopic (exact) mass is 257 g/mol. The van der Waals surface area contributed by atoms with Gasteiger partial charge in [0, 0.05) is 0 Å². The van der Waals surface area contributed by atoms with E-state index in [0.717, 1.165) is 16.6 Å². The van der Waals surface area contributed by atoms with Crippen molar-refractivity contribution in [1.29, 1.82) is 0 Å². The van der Waals surface area contributed by atoms with E-state index in [-0.39, 0.29) is 17.0 Å². The summed E-state index contributed by atoms with van der Waals surface area (Å²) in [4.78, 5) is 18.7. The quantitative estimate of drug-likeness (QED) is 0.736. The van der Waals surface area contributed by atoms with Gasteiger partial charge in [-0.15, -0.1) is 0 Å². The van der Waals surface area contributed by atoms with E-state index in [1.165, 1.54) is 0 Å². The minimum atomic E-state index is -1.08. The third-order valence-corrected chi connectivity index (χ3v) is 3.03. The maximum absolute atomic E-state index is 11.2. The normalized spacial score (nSPS) is 11.1. The topological polar surface area (TPSA) is 92.0 Å². The maximum Gasteiger partial charge on any atom is 0.341 e. The van der Waals surface area contributed by atoms with Gasteiger partial charge in [-0.25, -0.2) is 9.78 Å². The van der Waals surface area contributed by atoms with Crippen molar-refractivity contribution in [2.45, 2.75) is 13.8 Å². The molecule has 2 heterocycles. The number of imidazole rings is 1. The van der Waals surface area contributed by atoms with Crippen molar-refractivity contribution in [1.82, 2.24) is 15.1 Å². The second-order valence-electron chi connectivity index (χ2n) is 4.32. The molecule has 0 atom stereocenters. The fraction of sp³-hybridized carbons (Fsp3) is 0.154. The first kappa shape index (κ1) is 11.5. The molecular weight excluding hydrogens is 246 g/mol. The number of carboxylic acid groups (broad SMARTS) is 1. The fourth-order valence-corrected chi connectivity index (χ4v) is 2.07. The van der Waals surface area contributed by atoms with Gasteiger partial charge in [0.15, 0.2) is 11.5 Å². The van der Waals surface area contributed by atoms with Crippen LogP contribution in [0.15, 0.2) is 22.7 Å². The zero-order valence-corrected chi connectivity index (χ0v) is 10.4. The van der Waals surface area contributed by atoms with Crippen LogP contribution in [0, 0.1) is 13.8 Å². The van der Waals surface area contributed by atoms with Crippen molar-refractivity contribution >= 4 is 17.0 Å². The van der Waals surface area contributed by atoms with Gasteiger partial charge in [0.05, 0.1) is 11.0 Å². The number of aromatic nitrogens is 3. The van der Waals surface area contributed by atoms with Crippen LogP contribution < -0.4 is 0 Å². The summed E-state index contributed by atoms with van der Waals surface area (Å²) in [5.74, 6) is -0.413. The van der Waals surface area contributed by atoms with Gasteiger partial charge in [0.2, 0.25) is 0 Å². The van der Waals surface area contributed by atoms with Gasteiger partial charge in [-0.05, 0) is 25.5 Å². The van der Waals surface area contributed by atoms with E-state index in [0.29, 0.717) is 5.82 Å². The first-order valence-electron chi connectivity index (χ1n) is 5.73. The SMILES string of the molecule is Cc1onc(-c2nc3cccc(C)c3[nH]2)c1C(=O)O. The smallest absolute Gasteiger partial charge is 0.341 e. The molecule has 2 N–H and O–H groups in total. The third-order valence-electron chi connectivity index (χ3n) is 3.03. The number of carboxylic acids is 1. The van der Waals surface area contributed by atoms with Gasteiger partial charge in [-0.3, -0.25) is 0 Å². The first-order valence-corrected chi connectivity index (χ1v) is 5.73. The van der Waals surface area contributed by atoms with Crippen LogP contribution in [0.1, 0.15) is 21.7 Å². The van der Waals surface area contributed by atoms with Crippen molar-refractivity contribution in [2.24, 2.45) is 0 Å². The van der Waals surface area contributed by atoms with E-state index in [1.807, 2.05) is 25.1 Å². The van der Waals surface area contributed by atoms with E-state index in [1.54, 1.807) is 6.92 Å². The van der Waals surface area contributed by atoms with E-state index in [9.17, 15) is 9.90 Å². The van der Waals surface area contributed by atoms with Crippen molar-refractivity contribution in [3.63, 3.8) is 0 Å². The lowest BCUT2D eigenvalue weighted by Gasteiger charge is -1.93. The van der Waals surface area contributed by atoms with Crippen LogP contribution in [0.2, 0.25) is 0 Å². The molecule has 19 heavy (non-hydrogen) atoms. The summed E-state index contributed by atoms with van der Waals surface area (Å²) in [6, 6.07) is 5.71. The Bertz CT molecular complexity index is 786. The molecule has 0 aliphatic heterocycles. The molecule has 96 valence electrons. The predicted molar refractivity (Wildman–Crippen MR) is 68.0 cm³/mol. The Hall–Kier alpha value is -2.63. The van der Waals surface area contributed by atoms with E-state index in [4.69, 9.17) is 4.52 Å². The summed E-state index contributed by atoms with van der Waals surface area (Å²) in [6.07, 6.45) is 0. The van der Waals surface area contributed by atoms with Crippen LogP contribution >= 0.6 is 0 Å². The lowest BCUT2D eigenvalue weighted by Crippen LogP contribution is -1.99. The van der Waals surface area contributed by atoms with Crippen LogP contribution in [0.3, 0.4) is 0 Å². The van der Waals surface area contributed by atoms with Gasteiger partial charge in [-0.1, -0.05) is 17.3 Å². The summed E-state index contributed by atoms with van der Waals surface area (Å²) in [6.45, 7) is 3.52. The average molecular weight is 257 g/mol. The highest BCUT2D eigenvalue weighted by Gasteiger charge is 2.23. The zero-order valence-electron chi connectivity index (χ0n) is 10.4. The molecule has 3 rings (SSSR count). The molecule has 0 radical (unpaired) electrons. The van der Waals surface area contributed by atoms with Gasteiger partial charge in [0.25, 0.3) is 0 Å². The molecule has 0 saturated heterocycles. The number of nitrogens with one attached hydrogen (secondary N) is 1. The summed E-state index contributed by atoms with van der Waals surface area (Å²) in [7, 11) is 0. The number of H-pyrrole nitrogens is 1. The lowest BCUT2D eigenvalue weighted by atomic mass is 10.2. The van der Waals surface area contributed by atoms with Crippen molar-refractivity contribution in [3.05, 3.63) is 35.1 Å². The number of aryl methyl sites for hydroxylation is 2.